The van der Waals surface area contributed by atoms with E-state index in [-0.39, 0.29) is 21.3 Å². The molecule has 1 aromatic heterocycles. The Morgan fingerprint density at radius 2 is 1.72 bits per heavy atom. The van der Waals surface area contributed by atoms with Crippen LogP contribution in [0.1, 0.15) is 51.6 Å². The number of nitrogens with one attached hydrogen (secondary N) is 2. The number of sulfonamides is 1. The van der Waals surface area contributed by atoms with Crippen molar-refractivity contribution in [2.75, 3.05) is 23.3 Å². The fraction of sp³-hybridized carbons (Fsp3) is 0.526. The van der Waals surface area contributed by atoms with E-state index in [4.69, 9.17) is 0 Å². The number of carbonyl (C=O) groups excluding carboxylic acids is 1. The minimum atomic E-state index is -3.84. The Morgan fingerprint density at radius 3 is 2.34 bits per heavy atom. The minimum absolute atomic E-state index is 0.169. The zero-order valence-electron chi connectivity index (χ0n) is 16.9. The van der Waals surface area contributed by atoms with Crippen molar-refractivity contribution in [2.45, 2.75) is 50.4 Å². The van der Waals surface area contributed by atoms with Gasteiger partial charge in [0.15, 0.2) is 0 Å². The van der Waals surface area contributed by atoms with Crippen molar-refractivity contribution >= 4 is 38.1 Å². The van der Waals surface area contributed by atoms with Crippen LogP contribution >= 0.6 is 11.3 Å². The average Bonchev–Trinajstić information content (AvgIpc) is 3.18. The van der Waals surface area contributed by atoms with Crippen molar-refractivity contribution < 1.29 is 13.2 Å². The first kappa shape index (κ1) is 21.7. The number of anilines is 2. The summed E-state index contributed by atoms with van der Waals surface area (Å²) in [6, 6.07) is 7.55. The normalized spacial score (nSPS) is 16.1. The van der Waals surface area contributed by atoms with Gasteiger partial charge >= 0.3 is 0 Å². The van der Waals surface area contributed by atoms with Crippen molar-refractivity contribution in [2.24, 2.45) is 5.92 Å². The molecule has 3 rings (SSSR count). The van der Waals surface area contributed by atoms with Crippen LogP contribution in [0.4, 0.5) is 10.8 Å². The summed E-state index contributed by atoms with van der Waals surface area (Å²) in [5.41, 5.74) is 2.03. The van der Waals surface area contributed by atoms with Gasteiger partial charge in [0, 0.05) is 30.7 Å². The lowest BCUT2D eigenvalue weighted by molar-refractivity contribution is -0.118. The second-order valence-electron chi connectivity index (χ2n) is 7.50. The smallest absolute Gasteiger partial charge is 0.270 e. The molecule has 0 spiro atoms. The van der Waals surface area contributed by atoms with Crippen LogP contribution in [0.3, 0.4) is 0 Å². The Hall–Kier alpha value is -2.04. The molecule has 29 heavy (non-hydrogen) atoms. The third-order valence-corrected chi connectivity index (χ3v) is 7.58. The zero-order chi connectivity index (χ0) is 21.0. The lowest BCUT2D eigenvalue weighted by Crippen LogP contribution is -2.29. The standard InChI is InChI=1S/C19H27N5O3S2/c1-13(2)17(25)20-18-21-22-19(28-18)29(26,27)23-14(3)15-7-9-16(10-8-15)24-11-5-4-6-12-24/h7-10,13-14,23H,4-6,11-12H2,1-3H3,(H,20,21,25). The van der Waals surface area contributed by atoms with Gasteiger partial charge in [-0.05, 0) is 43.9 Å². The molecule has 2 aromatic rings. The Balaban J connectivity index is 1.65. The molecule has 1 atom stereocenters. The molecule has 0 aliphatic carbocycles. The van der Waals surface area contributed by atoms with Gasteiger partial charge in [-0.15, -0.1) is 10.2 Å². The van der Waals surface area contributed by atoms with E-state index in [0.717, 1.165) is 35.7 Å². The molecule has 1 fully saturated rings. The van der Waals surface area contributed by atoms with Gasteiger partial charge in [-0.2, -0.15) is 0 Å². The Labute approximate surface area is 175 Å². The summed E-state index contributed by atoms with van der Waals surface area (Å²) >= 11 is 0.833. The molecule has 0 radical (unpaired) electrons. The highest BCUT2D eigenvalue weighted by Gasteiger charge is 2.24. The average molecular weight is 438 g/mol. The van der Waals surface area contributed by atoms with Gasteiger partial charge in [0.05, 0.1) is 0 Å². The van der Waals surface area contributed by atoms with Crippen molar-refractivity contribution in [3.63, 3.8) is 0 Å². The first-order chi connectivity index (χ1) is 13.8. The van der Waals surface area contributed by atoms with Crippen molar-refractivity contribution in [3.05, 3.63) is 29.8 Å². The van der Waals surface area contributed by atoms with E-state index < -0.39 is 16.1 Å². The maximum atomic E-state index is 12.6. The topological polar surface area (TPSA) is 104 Å². The molecular weight excluding hydrogens is 410 g/mol. The Bertz CT molecular complexity index is 935. The van der Waals surface area contributed by atoms with Crippen molar-refractivity contribution in [1.29, 1.82) is 0 Å². The highest BCUT2D eigenvalue weighted by Crippen LogP contribution is 2.25. The van der Waals surface area contributed by atoms with Gasteiger partial charge in [0.2, 0.25) is 15.4 Å². The van der Waals surface area contributed by atoms with E-state index in [9.17, 15) is 13.2 Å². The lowest BCUT2D eigenvalue weighted by Gasteiger charge is -2.29. The molecule has 158 valence electrons. The molecule has 1 amide bonds. The monoisotopic (exact) mass is 437 g/mol. The number of amides is 1. The van der Waals surface area contributed by atoms with E-state index in [1.165, 1.54) is 19.3 Å². The van der Waals surface area contributed by atoms with Crippen LogP contribution in [0, 0.1) is 5.92 Å². The molecule has 8 nitrogen and oxygen atoms in total. The van der Waals surface area contributed by atoms with Crippen molar-refractivity contribution in [1.82, 2.24) is 14.9 Å². The van der Waals surface area contributed by atoms with Gasteiger partial charge in [-0.1, -0.05) is 37.3 Å². The van der Waals surface area contributed by atoms with Crippen LogP contribution in [-0.4, -0.2) is 37.6 Å². The molecule has 10 heteroatoms. The first-order valence-corrected chi connectivity index (χ1v) is 12.1. The summed E-state index contributed by atoms with van der Waals surface area (Å²) in [6.45, 7) is 7.40. The molecule has 2 N–H and O–H groups in total. The number of hydrogen-bond donors (Lipinski definition) is 2. The number of carbonyl (C=O) groups is 1. The zero-order valence-corrected chi connectivity index (χ0v) is 18.5. The number of aromatic nitrogens is 2. The largest absolute Gasteiger partial charge is 0.372 e. The molecule has 1 aliphatic rings. The van der Waals surface area contributed by atoms with E-state index >= 15 is 0 Å². The van der Waals surface area contributed by atoms with E-state index in [0.29, 0.717) is 0 Å². The maximum Gasteiger partial charge on any atom is 0.270 e. The molecule has 0 saturated carbocycles. The summed E-state index contributed by atoms with van der Waals surface area (Å²) in [7, 11) is -3.84. The molecule has 1 aromatic carbocycles. The fourth-order valence-electron chi connectivity index (χ4n) is 3.10. The first-order valence-electron chi connectivity index (χ1n) is 9.78. The van der Waals surface area contributed by atoms with Crippen LogP contribution in [0.5, 0.6) is 0 Å². The van der Waals surface area contributed by atoms with Crippen LogP contribution in [-0.2, 0) is 14.8 Å². The second-order valence-corrected chi connectivity index (χ2v) is 10.4. The van der Waals surface area contributed by atoms with Crippen LogP contribution < -0.4 is 14.9 Å². The summed E-state index contributed by atoms with van der Waals surface area (Å²) in [5, 5.41) is 10.2. The number of benzene rings is 1. The molecular formula is C19H27N5O3S2. The van der Waals surface area contributed by atoms with Crippen LogP contribution in [0.15, 0.2) is 28.6 Å². The predicted molar refractivity (Wildman–Crippen MR) is 115 cm³/mol. The molecule has 1 unspecified atom stereocenters. The van der Waals surface area contributed by atoms with E-state index in [1.807, 2.05) is 24.3 Å². The maximum absolute atomic E-state index is 12.6. The summed E-state index contributed by atoms with van der Waals surface area (Å²) in [5.74, 6) is -0.467. The van der Waals surface area contributed by atoms with Crippen LogP contribution in [0.2, 0.25) is 0 Å². The molecule has 2 heterocycles. The minimum Gasteiger partial charge on any atom is -0.372 e. The van der Waals surface area contributed by atoms with Crippen LogP contribution in [0.25, 0.3) is 0 Å². The molecule has 0 bridgehead atoms. The van der Waals surface area contributed by atoms with Gasteiger partial charge in [-0.3, -0.25) is 4.79 Å². The van der Waals surface area contributed by atoms with E-state index in [2.05, 4.69) is 25.1 Å². The predicted octanol–water partition coefficient (Wildman–Crippen LogP) is 3.16. The second kappa shape index (κ2) is 9.19. The summed E-state index contributed by atoms with van der Waals surface area (Å²) < 4.78 is 27.7. The van der Waals surface area contributed by atoms with E-state index in [1.54, 1.807) is 20.8 Å². The number of nitrogens with zero attached hydrogens (tertiary/aromatic N) is 3. The molecule has 1 aliphatic heterocycles. The van der Waals surface area contributed by atoms with Gasteiger partial charge < -0.3 is 10.2 Å². The third-order valence-electron chi connectivity index (χ3n) is 4.84. The highest BCUT2D eigenvalue weighted by atomic mass is 32.2. The Kier molecular flexibility index (Phi) is 6.86. The van der Waals surface area contributed by atoms with Gasteiger partial charge in [0.25, 0.3) is 10.0 Å². The SMILES string of the molecule is CC(C)C(=O)Nc1nnc(S(=O)(=O)NC(C)c2ccc(N3CCCCC3)cc2)s1. The lowest BCUT2D eigenvalue weighted by atomic mass is 10.1. The number of rotatable bonds is 7. The summed E-state index contributed by atoms with van der Waals surface area (Å²) in [4.78, 5) is 14.1. The fourth-order valence-corrected chi connectivity index (χ4v) is 5.25. The van der Waals surface area contributed by atoms with Gasteiger partial charge in [0.1, 0.15) is 0 Å². The number of hydrogen-bond acceptors (Lipinski definition) is 7. The quantitative estimate of drug-likeness (QED) is 0.645. The Morgan fingerprint density at radius 1 is 1.07 bits per heavy atom. The van der Waals surface area contributed by atoms with Gasteiger partial charge in [-0.25, -0.2) is 13.1 Å². The highest BCUT2D eigenvalue weighted by molar-refractivity contribution is 7.91. The summed E-state index contributed by atoms with van der Waals surface area (Å²) in [6.07, 6.45) is 3.70. The third kappa shape index (κ3) is 5.52. The number of piperidine rings is 1. The van der Waals surface area contributed by atoms with Crippen molar-refractivity contribution in [3.8, 4) is 0 Å². The molecule has 1 saturated heterocycles.